The van der Waals surface area contributed by atoms with E-state index in [1.165, 1.54) is 26.2 Å². The number of hydrogen-bond acceptors (Lipinski definition) is 7. The van der Waals surface area contributed by atoms with Crippen molar-refractivity contribution in [3.05, 3.63) is 53.1 Å². The van der Waals surface area contributed by atoms with E-state index in [4.69, 9.17) is 11.6 Å². The molecular formula is C23H26ClN3O5S. The minimum atomic E-state index is -4.04. The van der Waals surface area contributed by atoms with Crippen molar-refractivity contribution < 1.29 is 23.1 Å². The molecule has 10 heteroatoms. The molecule has 0 aromatic heterocycles. The van der Waals surface area contributed by atoms with E-state index in [-0.39, 0.29) is 10.7 Å². The summed E-state index contributed by atoms with van der Waals surface area (Å²) in [6.07, 6.45) is 3.66. The molecule has 0 radical (unpaired) electrons. The lowest BCUT2D eigenvalue weighted by atomic mass is 9.78. The topological polar surface area (TPSA) is 116 Å². The number of sulfonamides is 1. The van der Waals surface area contributed by atoms with Crippen molar-refractivity contribution in [3.63, 3.8) is 0 Å². The maximum absolute atomic E-state index is 12.6. The van der Waals surface area contributed by atoms with Gasteiger partial charge in [-0.25, -0.2) is 12.7 Å². The highest BCUT2D eigenvalue weighted by molar-refractivity contribution is 7.89. The monoisotopic (exact) mass is 491 g/mol. The van der Waals surface area contributed by atoms with Gasteiger partial charge in [-0.1, -0.05) is 54.8 Å². The molecule has 176 valence electrons. The Kier molecular flexibility index (Phi) is 6.26. The number of halogens is 1. The standard InChI is InChI=1S/C23H26ClN3O5S/c1-27(2)33(31,32)22-15(24)10-11-16(19(22)28)25-17-18(21(30)20(17)29)26-23(12-6-7-13-23)14-8-4-3-5-9-14/h3-5,8-11,17-18,25-26,28H,6-7,12-13H2,1-2H3. The maximum atomic E-state index is 12.6. The van der Waals surface area contributed by atoms with E-state index in [2.05, 4.69) is 10.6 Å². The predicted molar refractivity (Wildman–Crippen MR) is 125 cm³/mol. The molecule has 2 aromatic carbocycles. The summed E-state index contributed by atoms with van der Waals surface area (Å²) in [4.78, 5) is 24.6. The van der Waals surface area contributed by atoms with Crippen LogP contribution in [-0.4, -0.2) is 55.6 Å². The lowest BCUT2D eigenvalue weighted by Gasteiger charge is -2.42. The summed E-state index contributed by atoms with van der Waals surface area (Å²) in [5.74, 6) is -1.76. The number of Topliss-reactive ketones (excluding diaryl/α,β-unsaturated/α-hetero) is 2. The minimum absolute atomic E-state index is 0.0117. The minimum Gasteiger partial charge on any atom is -0.504 e. The molecular weight excluding hydrogens is 466 g/mol. The van der Waals surface area contributed by atoms with Gasteiger partial charge in [0.1, 0.15) is 17.0 Å². The van der Waals surface area contributed by atoms with Crippen LogP contribution in [0, 0.1) is 0 Å². The van der Waals surface area contributed by atoms with E-state index in [0.29, 0.717) is 0 Å². The number of anilines is 1. The largest absolute Gasteiger partial charge is 0.504 e. The van der Waals surface area contributed by atoms with Crippen LogP contribution in [0.15, 0.2) is 47.4 Å². The summed E-state index contributed by atoms with van der Waals surface area (Å²) in [7, 11) is -1.40. The third-order valence-electron chi connectivity index (χ3n) is 6.49. The van der Waals surface area contributed by atoms with Crippen LogP contribution in [0.3, 0.4) is 0 Å². The average molecular weight is 492 g/mol. The summed E-state index contributed by atoms with van der Waals surface area (Å²) < 4.78 is 26.2. The van der Waals surface area contributed by atoms with E-state index in [1.807, 2.05) is 30.3 Å². The number of phenols is 1. The van der Waals surface area contributed by atoms with E-state index in [9.17, 15) is 23.1 Å². The zero-order chi connectivity index (χ0) is 24.0. The number of carbonyl (C=O) groups excluding carboxylic acids is 2. The molecule has 3 N–H and O–H groups in total. The number of ketones is 2. The first-order chi connectivity index (χ1) is 15.6. The molecule has 2 aliphatic rings. The Morgan fingerprint density at radius 1 is 1.00 bits per heavy atom. The molecule has 0 bridgehead atoms. The zero-order valence-electron chi connectivity index (χ0n) is 18.3. The molecule has 2 aliphatic carbocycles. The van der Waals surface area contributed by atoms with Crippen molar-refractivity contribution in [2.45, 2.75) is 48.2 Å². The van der Waals surface area contributed by atoms with Crippen molar-refractivity contribution in [1.29, 1.82) is 0 Å². The van der Waals surface area contributed by atoms with E-state index in [1.54, 1.807) is 0 Å². The Labute approximate surface area is 198 Å². The lowest BCUT2D eigenvalue weighted by molar-refractivity contribution is -0.146. The highest BCUT2D eigenvalue weighted by atomic mass is 35.5. The molecule has 0 saturated heterocycles. The van der Waals surface area contributed by atoms with Crippen LogP contribution in [0.2, 0.25) is 5.02 Å². The number of phenolic OH excluding ortho intramolecular Hbond substituents is 1. The normalized spacial score (nSPS) is 22.4. The summed E-state index contributed by atoms with van der Waals surface area (Å²) in [5, 5.41) is 16.9. The number of carbonyl (C=O) groups is 2. The first kappa shape index (κ1) is 23.7. The van der Waals surface area contributed by atoms with E-state index < -0.39 is 49.9 Å². The molecule has 8 nitrogen and oxygen atoms in total. The van der Waals surface area contributed by atoms with Crippen molar-refractivity contribution in [1.82, 2.24) is 9.62 Å². The van der Waals surface area contributed by atoms with Gasteiger partial charge in [-0.15, -0.1) is 0 Å². The molecule has 2 atom stereocenters. The fourth-order valence-corrected chi connectivity index (χ4v) is 6.10. The number of rotatable bonds is 7. The molecule has 0 amide bonds. The van der Waals surface area contributed by atoms with Crippen molar-refractivity contribution in [2.75, 3.05) is 19.4 Å². The van der Waals surface area contributed by atoms with Gasteiger partial charge >= 0.3 is 0 Å². The van der Waals surface area contributed by atoms with Gasteiger partial charge in [0.05, 0.1) is 10.7 Å². The second kappa shape index (κ2) is 8.72. The van der Waals surface area contributed by atoms with Gasteiger partial charge in [0.15, 0.2) is 5.75 Å². The molecule has 2 unspecified atom stereocenters. The predicted octanol–water partition coefficient (Wildman–Crippen LogP) is 2.66. The van der Waals surface area contributed by atoms with Gasteiger partial charge in [0, 0.05) is 19.6 Å². The fraction of sp³-hybridized carbons (Fsp3) is 0.391. The van der Waals surface area contributed by atoms with Crippen molar-refractivity contribution >= 4 is 38.9 Å². The van der Waals surface area contributed by atoms with Crippen LogP contribution < -0.4 is 10.6 Å². The Bertz CT molecular complexity index is 1190. The SMILES string of the molecule is CN(C)S(=O)(=O)c1c(Cl)ccc(NC2C(=O)C(=O)C2NC2(c3ccccc3)CCCC2)c1O. The highest BCUT2D eigenvalue weighted by Gasteiger charge is 2.53. The summed E-state index contributed by atoms with van der Waals surface area (Å²) in [6, 6.07) is 10.8. The number of nitrogens with zero attached hydrogens (tertiary/aromatic N) is 1. The van der Waals surface area contributed by atoms with Gasteiger partial charge in [0.25, 0.3) is 0 Å². The third kappa shape index (κ3) is 4.03. The second-order valence-electron chi connectivity index (χ2n) is 8.69. The quantitative estimate of drug-likeness (QED) is 0.402. The lowest BCUT2D eigenvalue weighted by Crippen LogP contribution is -2.70. The Balaban J connectivity index is 1.64. The zero-order valence-corrected chi connectivity index (χ0v) is 19.9. The molecule has 4 rings (SSSR count). The molecule has 33 heavy (non-hydrogen) atoms. The Hall–Kier alpha value is -2.46. The number of aromatic hydroxyl groups is 1. The first-order valence-corrected chi connectivity index (χ1v) is 12.5. The number of hydrogen-bond donors (Lipinski definition) is 3. The molecule has 2 aromatic rings. The fourth-order valence-electron chi connectivity index (χ4n) is 4.62. The van der Waals surface area contributed by atoms with E-state index >= 15 is 0 Å². The molecule has 2 saturated carbocycles. The molecule has 0 spiro atoms. The Morgan fingerprint density at radius 3 is 2.21 bits per heavy atom. The van der Waals surface area contributed by atoms with Gasteiger partial charge in [-0.2, -0.15) is 0 Å². The van der Waals surface area contributed by atoms with Crippen LogP contribution in [0.5, 0.6) is 5.75 Å². The summed E-state index contributed by atoms with van der Waals surface area (Å²) >= 11 is 6.07. The van der Waals surface area contributed by atoms with Crippen LogP contribution in [0.1, 0.15) is 31.2 Å². The van der Waals surface area contributed by atoms with Crippen molar-refractivity contribution in [3.8, 4) is 5.75 Å². The third-order valence-corrected chi connectivity index (χ3v) is 8.81. The molecule has 0 aliphatic heterocycles. The van der Waals surface area contributed by atoms with Gasteiger partial charge < -0.3 is 10.4 Å². The maximum Gasteiger partial charge on any atom is 0.247 e. The first-order valence-electron chi connectivity index (χ1n) is 10.7. The molecule has 2 fully saturated rings. The van der Waals surface area contributed by atoms with Crippen molar-refractivity contribution in [2.24, 2.45) is 0 Å². The molecule has 0 heterocycles. The number of nitrogens with one attached hydrogen (secondary N) is 2. The van der Waals surface area contributed by atoms with Crippen LogP contribution in [0.4, 0.5) is 5.69 Å². The van der Waals surface area contributed by atoms with Gasteiger partial charge in [0.2, 0.25) is 21.6 Å². The van der Waals surface area contributed by atoms with Crippen LogP contribution in [0.25, 0.3) is 0 Å². The second-order valence-corrected chi connectivity index (χ2v) is 11.2. The smallest absolute Gasteiger partial charge is 0.247 e. The van der Waals surface area contributed by atoms with Crippen LogP contribution in [-0.2, 0) is 25.2 Å². The summed E-state index contributed by atoms with van der Waals surface area (Å²) in [5.41, 5.74) is 0.642. The number of benzene rings is 2. The van der Waals surface area contributed by atoms with Gasteiger partial charge in [-0.3, -0.25) is 14.9 Å². The van der Waals surface area contributed by atoms with Gasteiger partial charge in [-0.05, 0) is 30.5 Å². The van der Waals surface area contributed by atoms with E-state index in [0.717, 1.165) is 35.6 Å². The average Bonchev–Trinajstić information content (AvgIpc) is 3.27. The Morgan fingerprint density at radius 2 is 1.61 bits per heavy atom. The van der Waals surface area contributed by atoms with Crippen LogP contribution >= 0.6 is 11.6 Å². The highest BCUT2D eigenvalue weighted by Crippen LogP contribution is 2.42. The summed E-state index contributed by atoms with van der Waals surface area (Å²) in [6.45, 7) is 0.